The average Bonchev–Trinajstić information content (AvgIpc) is 2.82. The summed E-state index contributed by atoms with van der Waals surface area (Å²) >= 11 is 0. The maximum atomic E-state index is 11.4. The van der Waals surface area contributed by atoms with Crippen LogP contribution in [0.1, 0.15) is 28.5 Å². The predicted molar refractivity (Wildman–Crippen MR) is 75.4 cm³/mol. The van der Waals surface area contributed by atoms with Crippen molar-refractivity contribution >= 4 is 11.5 Å². The van der Waals surface area contributed by atoms with Gasteiger partial charge in [-0.2, -0.15) is 0 Å². The molecule has 2 heterocycles. The molecule has 0 amide bonds. The van der Waals surface area contributed by atoms with Gasteiger partial charge in [-0.3, -0.25) is 9.78 Å². The number of hydrogen-bond acceptors (Lipinski definition) is 3. The second kappa shape index (κ2) is 4.84. The lowest BCUT2D eigenvalue weighted by molar-refractivity contribution is 0.101. The first-order valence-electron chi connectivity index (χ1n) is 6.53. The Balaban J connectivity index is 1.84. The predicted octanol–water partition coefficient (Wildman–Crippen LogP) is 2.85. The normalized spacial score (nSPS) is 13.4. The Labute approximate surface area is 112 Å². The lowest BCUT2D eigenvalue weighted by atomic mass is 10.1. The van der Waals surface area contributed by atoms with Crippen LogP contribution in [-0.2, 0) is 13.0 Å². The first kappa shape index (κ1) is 11.9. The van der Waals surface area contributed by atoms with Crippen LogP contribution < -0.4 is 4.90 Å². The summed E-state index contributed by atoms with van der Waals surface area (Å²) in [6, 6.07) is 12.0. The Bertz CT molecular complexity index is 607. The summed E-state index contributed by atoms with van der Waals surface area (Å²) in [5.41, 5.74) is 4.38. The Hall–Kier alpha value is -2.16. The molecule has 0 saturated carbocycles. The molecule has 1 aromatic carbocycles. The second-order valence-corrected chi connectivity index (χ2v) is 4.89. The molecule has 1 aliphatic heterocycles. The topological polar surface area (TPSA) is 33.2 Å². The number of carbonyl (C=O) groups is 1. The highest BCUT2D eigenvalue weighted by molar-refractivity contribution is 5.94. The molecule has 0 fully saturated rings. The molecular weight excluding hydrogens is 236 g/mol. The zero-order valence-electron chi connectivity index (χ0n) is 11.0. The van der Waals surface area contributed by atoms with Gasteiger partial charge in [0.25, 0.3) is 0 Å². The SMILES string of the molecule is CC(=O)c1ccc2c(c1)CCN2Cc1ccccn1. The molecule has 1 aromatic heterocycles. The van der Waals surface area contributed by atoms with Crippen LogP contribution in [0.5, 0.6) is 0 Å². The number of aromatic nitrogens is 1. The standard InChI is InChI=1S/C16H16N2O/c1-12(19)13-5-6-16-14(10-13)7-9-18(16)11-15-4-2-3-8-17-15/h2-6,8,10H,7,9,11H2,1H3. The molecule has 0 spiro atoms. The minimum absolute atomic E-state index is 0.131. The largest absolute Gasteiger partial charge is 0.365 e. The van der Waals surface area contributed by atoms with E-state index in [9.17, 15) is 4.79 Å². The molecule has 0 unspecified atom stereocenters. The fourth-order valence-electron chi connectivity index (χ4n) is 2.54. The highest BCUT2D eigenvalue weighted by atomic mass is 16.1. The van der Waals surface area contributed by atoms with Gasteiger partial charge in [-0.15, -0.1) is 0 Å². The number of anilines is 1. The van der Waals surface area contributed by atoms with E-state index in [2.05, 4.69) is 16.0 Å². The number of pyridine rings is 1. The summed E-state index contributed by atoms with van der Waals surface area (Å²) in [6.45, 7) is 3.43. The monoisotopic (exact) mass is 252 g/mol. The van der Waals surface area contributed by atoms with Crippen LogP contribution in [0.3, 0.4) is 0 Å². The van der Waals surface area contributed by atoms with E-state index in [0.29, 0.717) is 0 Å². The van der Waals surface area contributed by atoms with Crippen LogP contribution in [0, 0.1) is 0 Å². The molecule has 1 aliphatic rings. The Kier molecular flexibility index (Phi) is 3.03. The molecule has 0 atom stereocenters. The van der Waals surface area contributed by atoms with Crippen molar-refractivity contribution in [1.82, 2.24) is 4.98 Å². The van der Waals surface area contributed by atoms with E-state index in [1.54, 1.807) is 6.92 Å². The minimum atomic E-state index is 0.131. The molecule has 3 nitrogen and oxygen atoms in total. The molecule has 0 bridgehead atoms. The van der Waals surface area contributed by atoms with Gasteiger partial charge in [0.15, 0.2) is 5.78 Å². The summed E-state index contributed by atoms with van der Waals surface area (Å²) in [5, 5.41) is 0. The molecule has 2 aromatic rings. The summed E-state index contributed by atoms with van der Waals surface area (Å²) in [5.74, 6) is 0.131. The third kappa shape index (κ3) is 2.36. The lowest BCUT2D eigenvalue weighted by Gasteiger charge is -2.18. The smallest absolute Gasteiger partial charge is 0.159 e. The number of Topliss-reactive ketones (excluding diaryl/α,β-unsaturated/α-hetero) is 1. The quantitative estimate of drug-likeness (QED) is 0.787. The Morgan fingerprint density at radius 1 is 1.32 bits per heavy atom. The van der Waals surface area contributed by atoms with Crippen molar-refractivity contribution in [3.63, 3.8) is 0 Å². The lowest BCUT2D eigenvalue weighted by Crippen LogP contribution is -2.20. The van der Waals surface area contributed by atoms with Crippen LogP contribution in [-0.4, -0.2) is 17.3 Å². The van der Waals surface area contributed by atoms with Crippen LogP contribution in [0.25, 0.3) is 0 Å². The van der Waals surface area contributed by atoms with Gasteiger partial charge in [0.05, 0.1) is 12.2 Å². The zero-order chi connectivity index (χ0) is 13.2. The molecule has 0 saturated heterocycles. The molecular formula is C16H16N2O. The van der Waals surface area contributed by atoms with Gasteiger partial charge in [-0.05, 0) is 49.2 Å². The first-order chi connectivity index (χ1) is 9.24. The van der Waals surface area contributed by atoms with Crippen LogP contribution in [0.4, 0.5) is 5.69 Å². The van der Waals surface area contributed by atoms with E-state index >= 15 is 0 Å². The van der Waals surface area contributed by atoms with Crippen molar-refractivity contribution < 1.29 is 4.79 Å². The number of rotatable bonds is 3. The van der Waals surface area contributed by atoms with E-state index in [1.165, 1.54) is 11.3 Å². The highest BCUT2D eigenvalue weighted by Gasteiger charge is 2.20. The van der Waals surface area contributed by atoms with E-state index in [0.717, 1.165) is 30.8 Å². The Morgan fingerprint density at radius 2 is 2.21 bits per heavy atom. The van der Waals surface area contributed by atoms with Gasteiger partial charge in [-0.25, -0.2) is 0 Å². The number of ketones is 1. The number of hydrogen-bond donors (Lipinski definition) is 0. The van der Waals surface area contributed by atoms with Gasteiger partial charge in [0.2, 0.25) is 0 Å². The van der Waals surface area contributed by atoms with E-state index in [-0.39, 0.29) is 5.78 Å². The van der Waals surface area contributed by atoms with Crippen molar-refractivity contribution in [3.05, 3.63) is 59.4 Å². The molecule has 96 valence electrons. The van der Waals surface area contributed by atoms with Gasteiger partial charge >= 0.3 is 0 Å². The Morgan fingerprint density at radius 3 is 2.95 bits per heavy atom. The second-order valence-electron chi connectivity index (χ2n) is 4.89. The summed E-state index contributed by atoms with van der Waals surface area (Å²) in [4.78, 5) is 18.1. The van der Waals surface area contributed by atoms with Crippen molar-refractivity contribution in [2.24, 2.45) is 0 Å². The number of carbonyl (C=O) groups excluding carboxylic acids is 1. The van der Waals surface area contributed by atoms with E-state index in [1.807, 2.05) is 36.5 Å². The maximum Gasteiger partial charge on any atom is 0.159 e. The molecule has 3 rings (SSSR count). The number of benzene rings is 1. The first-order valence-corrected chi connectivity index (χ1v) is 6.53. The number of nitrogens with zero attached hydrogens (tertiary/aromatic N) is 2. The van der Waals surface area contributed by atoms with Gasteiger partial charge < -0.3 is 4.90 Å². The van der Waals surface area contributed by atoms with Crippen molar-refractivity contribution in [2.45, 2.75) is 19.9 Å². The average molecular weight is 252 g/mol. The third-order valence-corrected chi connectivity index (χ3v) is 3.56. The summed E-state index contributed by atoms with van der Waals surface area (Å²) in [7, 11) is 0. The van der Waals surface area contributed by atoms with Gasteiger partial charge in [-0.1, -0.05) is 6.07 Å². The molecule has 3 heteroatoms. The fraction of sp³-hybridized carbons (Fsp3) is 0.250. The minimum Gasteiger partial charge on any atom is -0.365 e. The van der Waals surface area contributed by atoms with Crippen LogP contribution >= 0.6 is 0 Å². The van der Waals surface area contributed by atoms with Crippen LogP contribution in [0.2, 0.25) is 0 Å². The molecule has 0 N–H and O–H groups in total. The van der Waals surface area contributed by atoms with E-state index < -0.39 is 0 Å². The molecule has 0 radical (unpaired) electrons. The third-order valence-electron chi connectivity index (χ3n) is 3.56. The molecule has 0 aliphatic carbocycles. The summed E-state index contributed by atoms with van der Waals surface area (Å²) < 4.78 is 0. The highest BCUT2D eigenvalue weighted by Crippen LogP contribution is 2.29. The van der Waals surface area contributed by atoms with Gasteiger partial charge in [0.1, 0.15) is 0 Å². The fourth-order valence-corrected chi connectivity index (χ4v) is 2.54. The van der Waals surface area contributed by atoms with Crippen molar-refractivity contribution in [1.29, 1.82) is 0 Å². The number of fused-ring (bicyclic) bond motifs is 1. The van der Waals surface area contributed by atoms with E-state index in [4.69, 9.17) is 0 Å². The van der Waals surface area contributed by atoms with Gasteiger partial charge in [0, 0.05) is 24.0 Å². The summed E-state index contributed by atoms with van der Waals surface area (Å²) in [6.07, 6.45) is 2.83. The molecule has 19 heavy (non-hydrogen) atoms. The maximum absolute atomic E-state index is 11.4. The zero-order valence-corrected chi connectivity index (χ0v) is 11.0. The van der Waals surface area contributed by atoms with Crippen LogP contribution in [0.15, 0.2) is 42.6 Å². The van der Waals surface area contributed by atoms with Crippen molar-refractivity contribution in [2.75, 3.05) is 11.4 Å². The van der Waals surface area contributed by atoms with Crippen molar-refractivity contribution in [3.8, 4) is 0 Å².